The molecular weight excluding hydrogens is 396 g/mol. The minimum Gasteiger partial charge on any atom is -0.497 e. The van der Waals surface area contributed by atoms with E-state index < -0.39 is 0 Å². The molecule has 2 aromatic rings. The highest BCUT2D eigenvalue weighted by Gasteiger charge is 2.23. The van der Waals surface area contributed by atoms with Crippen LogP contribution in [0.25, 0.3) is 0 Å². The molecule has 0 spiro atoms. The largest absolute Gasteiger partial charge is 0.497 e. The fourth-order valence-corrected chi connectivity index (χ4v) is 4.57. The summed E-state index contributed by atoms with van der Waals surface area (Å²) in [6.07, 6.45) is 4.44. The molecule has 2 heterocycles. The zero-order valence-electron chi connectivity index (χ0n) is 18.6. The molecule has 3 rings (SSSR count). The number of carbonyl (C=O) groups excluding carboxylic acids is 1. The van der Waals surface area contributed by atoms with E-state index in [1.54, 1.807) is 7.11 Å². The lowest BCUT2D eigenvalue weighted by molar-refractivity contribution is -0.132. The first-order chi connectivity index (χ1) is 14.5. The zero-order valence-corrected chi connectivity index (χ0v) is 19.5. The molecule has 1 aliphatic heterocycles. The van der Waals surface area contributed by atoms with Crippen molar-refractivity contribution in [3.05, 3.63) is 35.7 Å². The Balaban J connectivity index is 1.63. The van der Waals surface area contributed by atoms with Gasteiger partial charge in [0, 0.05) is 50.1 Å². The van der Waals surface area contributed by atoms with Crippen molar-refractivity contribution in [3.8, 4) is 5.75 Å². The molecule has 1 atom stereocenters. The van der Waals surface area contributed by atoms with Crippen LogP contribution in [0, 0.1) is 5.92 Å². The molecule has 1 fully saturated rings. The van der Waals surface area contributed by atoms with Crippen LogP contribution in [0.4, 0.5) is 5.13 Å². The smallest absolute Gasteiger partial charge is 0.224 e. The predicted octanol–water partition coefficient (Wildman–Crippen LogP) is 4.39. The van der Waals surface area contributed by atoms with Crippen molar-refractivity contribution in [1.82, 2.24) is 14.3 Å². The van der Waals surface area contributed by atoms with Crippen LogP contribution < -0.4 is 9.64 Å². The number of rotatable bonds is 9. The molecule has 6 nitrogen and oxygen atoms in total. The van der Waals surface area contributed by atoms with E-state index in [0.717, 1.165) is 60.5 Å². The highest BCUT2D eigenvalue weighted by molar-refractivity contribution is 7.09. The fraction of sp³-hybridized carbons (Fsp3) is 0.609. The summed E-state index contributed by atoms with van der Waals surface area (Å²) in [7, 11) is 1.67. The summed E-state index contributed by atoms with van der Waals surface area (Å²) in [6.45, 7) is 9.11. The Kier molecular flexibility index (Phi) is 8.08. The molecule has 1 unspecified atom stereocenters. The van der Waals surface area contributed by atoms with Crippen molar-refractivity contribution in [3.63, 3.8) is 0 Å². The number of carbonyl (C=O) groups is 1. The number of amides is 1. The minimum atomic E-state index is 0.260. The Morgan fingerprint density at radius 2 is 2.13 bits per heavy atom. The Morgan fingerprint density at radius 1 is 1.37 bits per heavy atom. The Labute approximate surface area is 184 Å². The summed E-state index contributed by atoms with van der Waals surface area (Å²) < 4.78 is 9.89. The molecule has 1 aromatic heterocycles. The summed E-state index contributed by atoms with van der Waals surface area (Å²) in [4.78, 5) is 21.8. The third-order valence-electron chi connectivity index (χ3n) is 6.03. The summed E-state index contributed by atoms with van der Waals surface area (Å²) >= 11 is 1.43. The van der Waals surface area contributed by atoms with Crippen LogP contribution in [0.5, 0.6) is 5.75 Å². The Morgan fingerprint density at radius 3 is 2.83 bits per heavy atom. The second-order valence-electron chi connectivity index (χ2n) is 8.29. The standard InChI is InChI=1S/C23H34N4O2S/c1-5-18(3)27(14-11-22(28)26-12-9-17(2)10-13-26)23-24-21(25-30-23)16-19-7-6-8-20(15-19)29-4/h6-8,15,17-18H,5,9-14,16H2,1-4H3. The molecule has 1 aromatic carbocycles. The average Bonchev–Trinajstić information content (AvgIpc) is 3.22. The van der Waals surface area contributed by atoms with Gasteiger partial charge in [-0.2, -0.15) is 4.37 Å². The number of hydrogen-bond donors (Lipinski definition) is 0. The fourth-order valence-electron chi connectivity index (χ4n) is 3.76. The quantitative estimate of drug-likeness (QED) is 0.590. The van der Waals surface area contributed by atoms with Gasteiger partial charge in [-0.15, -0.1) is 0 Å². The molecule has 1 aliphatic rings. The molecular formula is C23H34N4O2S. The van der Waals surface area contributed by atoms with E-state index in [2.05, 4.69) is 36.1 Å². The molecule has 30 heavy (non-hydrogen) atoms. The SMILES string of the molecule is CCC(C)N(CCC(=O)N1CCC(C)CC1)c1nc(Cc2cccc(OC)c2)ns1. The zero-order chi connectivity index (χ0) is 21.5. The van der Waals surface area contributed by atoms with Crippen LogP contribution in [-0.2, 0) is 11.2 Å². The predicted molar refractivity (Wildman–Crippen MR) is 122 cm³/mol. The second-order valence-corrected chi connectivity index (χ2v) is 9.02. The Bertz CT molecular complexity index is 817. The van der Waals surface area contributed by atoms with Gasteiger partial charge in [-0.25, -0.2) is 4.98 Å². The molecule has 164 valence electrons. The van der Waals surface area contributed by atoms with Crippen molar-refractivity contribution in [2.45, 2.75) is 58.9 Å². The highest BCUT2D eigenvalue weighted by atomic mass is 32.1. The van der Waals surface area contributed by atoms with E-state index in [1.807, 2.05) is 23.1 Å². The van der Waals surface area contributed by atoms with Crippen LogP contribution in [0.2, 0.25) is 0 Å². The van der Waals surface area contributed by atoms with Gasteiger partial charge in [0.25, 0.3) is 0 Å². The van der Waals surface area contributed by atoms with Crippen LogP contribution in [0.1, 0.15) is 57.8 Å². The van der Waals surface area contributed by atoms with Crippen molar-refractivity contribution in [2.24, 2.45) is 5.92 Å². The van der Waals surface area contributed by atoms with E-state index >= 15 is 0 Å². The first-order valence-corrected chi connectivity index (χ1v) is 11.8. The lowest BCUT2D eigenvalue weighted by Gasteiger charge is -2.32. The van der Waals surface area contributed by atoms with Gasteiger partial charge in [0.1, 0.15) is 11.6 Å². The molecule has 0 radical (unpaired) electrons. The third-order valence-corrected chi connectivity index (χ3v) is 6.82. The van der Waals surface area contributed by atoms with Gasteiger partial charge in [-0.3, -0.25) is 4.79 Å². The lowest BCUT2D eigenvalue weighted by Crippen LogP contribution is -2.41. The van der Waals surface area contributed by atoms with Crippen LogP contribution in [-0.4, -0.2) is 53.0 Å². The molecule has 0 saturated carbocycles. The van der Waals surface area contributed by atoms with E-state index in [4.69, 9.17) is 9.72 Å². The van der Waals surface area contributed by atoms with Gasteiger partial charge in [-0.05, 0) is 49.8 Å². The van der Waals surface area contributed by atoms with Gasteiger partial charge < -0.3 is 14.5 Å². The average molecular weight is 431 g/mol. The maximum atomic E-state index is 12.7. The van der Waals surface area contributed by atoms with E-state index in [9.17, 15) is 4.79 Å². The van der Waals surface area contributed by atoms with Crippen LogP contribution >= 0.6 is 11.5 Å². The van der Waals surface area contributed by atoms with Gasteiger partial charge in [-0.1, -0.05) is 26.0 Å². The Hall–Kier alpha value is -2.15. The topological polar surface area (TPSA) is 58.6 Å². The second kappa shape index (κ2) is 10.8. The molecule has 0 aliphatic carbocycles. The molecule has 1 amide bonds. The van der Waals surface area contributed by atoms with Crippen molar-refractivity contribution in [2.75, 3.05) is 31.6 Å². The molecule has 1 saturated heterocycles. The number of ether oxygens (including phenoxy) is 1. The summed E-state index contributed by atoms with van der Waals surface area (Å²) in [5.41, 5.74) is 1.13. The monoisotopic (exact) mass is 430 g/mol. The van der Waals surface area contributed by atoms with Crippen LogP contribution in [0.3, 0.4) is 0 Å². The van der Waals surface area contributed by atoms with Crippen molar-refractivity contribution in [1.29, 1.82) is 0 Å². The third kappa shape index (κ3) is 5.94. The first kappa shape index (κ1) is 22.5. The van der Waals surface area contributed by atoms with Gasteiger partial charge >= 0.3 is 0 Å². The lowest BCUT2D eigenvalue weighted by atomic mass is 9.99. The number of nitrogens with zero attached hydrogens (tertiary/aromatic N) is 4. The highest BCUT2D eigenvalue weighted by Crippen LogP contribution is 2.24. The molecule has 0 N–H and O–H groups in total. The number of piperidine rings is 1. The van der Waals surface area contributed by atoms with E-state index in [1.165, 1.54) is 11.5 Å². The summed E-state index contributed by atoms with van der Waals surface area (Å²) in [5.74, 6) is 2.65. The van der Waals surface area contributed by atoms with E-state index in [0.29, 0.717) is 25.4 Å². The number of likely N-dealkylation sites (tertiary alicyclic amines) is 1. The molecule has 0 bridgehead atoms. The van der Waals surface area contributed by atoms with Crippen molar-refractivity contribution >= 4 is 22.6 Å². The molecule has 7 heteroatoms. The number of aromatic nitrogens is 2. The summed E-state index contributed by atoms with van der Waals surface area (Å²) in [6, 6.07) is 8.32. The van der Waals surface area contributed by atoms with Gasteiger partial charge in [0.05, 0.1) is 7.11 Å². The normalized spacial score (nSPS) is 15.8. The first-order valence-electron chi connectivity index (χ1n) is 11.0. The number of methoxy groups -OCH3 is 1. The minimum absolute atomic E-state index is 0.260. The number of anilines is 1. The van der Waals surface area contributed by atoms with Gasteiger partial charge in [0.15, 0.2) is 0 Å². The summed E-state index contributed by atoms with van der Waals surface area (Å²) in [5, 5.41) is 0.905. The maximum Gasteiger partial charge on any atom is 0.224 e. The van der Waals surface area contributed by atoms with Crippen molar-refractivity contribution < 1.29 is 9.53 Å². The number of hydrogen-bond acceptors (Lipinski definition) is 6. The number of benzene rings is 1. The van der Waals surface area contributed by atoms with Crippen LogP contribution in [0.15, 0.2) is 24.3 Å². The van der Waals surface area contributed by atoms with E-state index in [-0.39, 0.29) is 5.91 Å². The maximum absolute atomic E-state index is 12.7. The van der Waals surface area contributed by atoms with Gasteiger partial charge in [0.2, 0.25) is 11.0 Å².